The van der Waals surface area contributed by atoms with Gasteiger partial charge in [0.1, 0.15) is 17.8 Å². The lowest BCUT2D eigenvalue weighted by Crippen LogP contribution is -2.53. The summed E-state index contributed by atoms with van der Waals surface area (Å²) >= 11 is 0. The molecule has 2 aromatic carbocycles. The van der Waals surface area contributed by atoms with Crippen LogP contribution in [0.4, 0.5) is 0 Å². The molecule has 0 heterocycles. The molecule has 1 saturated carbocycles. The molecule has 1 aliphatic rings. The highest BCUT2D eigenvalue weighted by molar-refractivity contribution is 5.92. The van der Waals surface area contributed by atoms with Crippen LogP contribution in [0.15, 0.2) is 54.6 Å². The maximum atomic E-state index is 13.3. The third-order valence-corrected chi connectivity index (χ3v) is 7.31. The van der Waals surface area contributed by atoms with Crippen molar-refractivity contribution >= 4 is 23.7 Å². The maximum absolute atomic E-state index is 13.3. The normalized spacial score (nSPS) is 18.7. The Morgan fingerprint density at radius 2 is 1.57 bits per heavy atom. The van der Waals surface area contributed by atoms with Gasteiger partial charge in [0.15, 0.2) is 0 Å². The fourth-order valence-electron chi connectivity index (χ4n) is 4.85. The highest BCUT2D eigenvalue weighted by Gasteiger charge is 2.48. The Bertz CT molecular complexity index is 1210. The number of hydrogen-bond acceptors (Lipinski definition) is 8. The van der Waals surface area contributed by atoms with Gasteiger partial charge in [-0.25, -0.2) is 4.79 Å². The molecule has 7 N–H and O–H groups in total. The fourth-order valence-corrected chi connectivity index (χ4v) is 4.85. The number of amides is 3. The van der Waals surface area contributed by atoms with Crippen LogP contribution in [0.1, 0.15) is 37.8 Å². The van der Waals surface area contributed by atoms with E-state index in [-0.39, 0.29) is 42.9 Å². The second-order valence-electron chi connectivity index (χ2n) is 11.3. The van der Waals surface area contributed by atoms with Crippen molar-refractivity contribution in [3.8, 4) is 5.75 Å². The monoisotopic (exact) mass is 582 g/mol. The molecule has 0 spiro atoms. The first-order chi connectivity index (χ1) is 20.0. The van der Waals surface area contributed by atoms with Gasteiger partial charge in [0, 0.05) is 18.9 Å². The Kier molecular flexibility index (Phi) is 11.9. The lowest BCUT2D eigenvalue weighted by molar-refractivity contribution is -0.145. The average Bonchev–Trinajstić information content (AvgIpc) is 3.77. The van der Waals surface area contributed by atoms with E-state index in [2.05, 4.69) is 16.0 Å². The van der Waals surface area contributed by atoms with E-state index in [1.165, 1.54) is 19.2 Å². The van der Waals surface area contributed by atoms with Crippen molar-refractivity contribution in [2.75, 3.05) is 13.7 Å². The predicted molar refractivity (Wildman–Crippen MR) is 156 cm³/mol. The lowest BCUT2D eigenvalue weighted by atomic mass is 10.0. The zero-order chi connectivity index (χ0) is 30.8. The van der Waals surface area contributed by atoms with Gasteiger partial charge in [-0.15, -0.1) is 0 Å². The number of nitrogens with one attached hydrogen (secondary N) is 3. The molecule has 11 heteroatoms. The number of carbonyl (C=O) groups is 4. The van der Waals surface area contributed by atoms with Crippen LogP contribution in [0.2, 0.25) is 0 Å². The van der Waals surface area contributed by atoms with Crippen molar-refractivity contribution in [2.24, 2.45) is 23.5 Å². The van der Waals surface area contributed by atoms with Gasteiger partial charge in [0.05, 0.1) is 19.3 Å². The van der Waals surface area contributed by atoms with E-state index in [1.807, 2.05) is 44.2 Å². The van der Waals surface area contributed by atoms with E-state index in [0.717, 1.165) is 11.1 Å². The van der Waals surface area contributed by atoms with Gasteiger partial charge in [-0.1, -0.05) is 56.3 Å². The van der Waals surface area contributed by atoms with Crippen molar-refractivity contribution in [1.82, 2.24) is 16.0 Å². The summed E-state index contributed by atoms with van der Waals surface area (Å²) in [6.45, 7) is 3.78. The molecule has 1 fully saturated rings. The Morgan fingerprint density at radius 3 is 2.19 bits per heavy atom. The molecule has 11 nitrogen and oxygen atoms in total. The Balaban J connectivity index is 1.55. The number of aliphatic hydroxyl groups is 1. The zero-order valence-corrected chi connectivity index (χ0v) is 24.3. The average molecular weight is 583 g/mol. The summed E-state index contributed by atoms with van der Waals surface area (Å²) in [5.41, 5.74) is 7.60. The summed E-state index contributed by atoms with van der Waals surface area (Å²) in [6, 6.07) is 12.9. The lowest BCUT2D eigenvalue weighted by Gasteiger charge is -2.23. The molecule has 3 rings (SSSR count). The van der Waals surface area contributed by atoms with Gasteiger partial charge < -0.3 is 36.6 Å². The highest BCUT2D eigenvalue weighted by Crippen LogP contribution is 2.41. The molecule has 3 amide bonds. The van der Waals surface area contributed by atoms with Crippen LogP contribution >= 0.6 is 0 Å². The molecule has 1 aliphatic carbocycles. The highest BCUT2D eigenvalue weighted by atomic mass is 16.5. The number of phenols is 1. The predicted octanol–water partition coefficient (Wildman–Crippen LogP) is 0.807. The van der Waals surface area contributed by atoms with Crippen molar-refractivity contribution < 1.29 is 34.1 Å². The van der Waals surface area contributed by atoms with Crippen LogP contribution in [-0.4, -0.2) is 71.8 Å². The van der Waals surface area contributed by atoms with Crippen LogP contribution < -0.4 is 21.7 Å². The topological polar surface area (TPSA) is 180 Å². The van der Waals surface area contributed by atoms with Crippen molar-refractivity contribution in [2.45, 2.75) is 63.8 Å². The van der Waals surface area contributed by atoms with Gasteiger partial charge in [-0.2, -0.15) is 0 Å². The van der Waals surface area contributed by atoms with Crippen LogP contribution in [0.3, 0.4) is 0 Å². The quantitative estimate of drug-likeness (QED) is 0.167. The third-order valence-electron chi connectivity index (χ3n) is 7.31. The maximum Gasteiger partial charge on any atom is 0.328 e. The summed E-state index contributed by atoms with van der Waals surface area (Å²) in [4.78, 5) is 51.1. The molecule has 6 atom stereocenters. The van der Waals surface area contributed by atoms with E-state index >= 15 is 0 Å². The van der Waals surface area contributed by atoms with Crippen molar-refractivity contribution in [3.63, 3.8) is 0 Å². The van der Waals surface area contributed by atoms with E-state index in [4.69, 9.17) is 10.5 Å². The van der Waals surface area contributed by atoms with E-state index < -0.39 is 47.9 Å². The second-order valence-corrected chi connectivity index (χ2v) is 11.3. The number of nitrogens with two attached hydrogens (primary N) is 1. The molecule has 0 saturated heterocycles. The van der Waals surface area contributed by atoms with Gasteiger partial charge in [0.2, 0.25) is 17.7 Å². The second kappa shape index (κ2) is 15.3. The minimum atomic E-state index is -0.971. The van der Waals surface area contributed by atoms with Crippen LogP contribution in [-0.2, 0) is 36.8 Å². The minimum Gasteiger partial charge on any atom is -0.508 e. The van der Waals surface area contributed by atoms with Crippen LogP contribution in [0.25, 0.3) is 0 Å². The number of methoxy groups -OCH3 is 1. The summed E-state index contributed by atoms with van der Waals surface area (Å²) in [5.74, 6) is -2.56. The van der Waals surface area contributed by atoms with Gasteiger partial charge in [-0.05, 0) is 54.4 Å². The number of hydrogen-bond donors (Lipinski definition) is 6. The SMILES string of the molecule is COC(=O)[C@H](CC(C)C)NC(=O)[C@H](Cc1ccccc1)NC(=O)[C@@H]1C[C@H]1[C@H](O)CNC(=O)[C@@H](N)Cc1ccc(O)cc1. The number of phenolic OH excluding ortho intramolecular Hbond substituents is 1. The van der Waals surface area contributed by atoms with E-state index in [9.17, 15) is 29.4 Å². The standard InChI is InChI=1S/C31H42N4O7/c1-18(2)13-26(31(41)42-3)35-30(40)25(15-19-7-5-4-6-8-19)34-28(38)23-16-22(23)27(37)17-33-29(39)24(32)14-20-9-11-21(36)12-10-20/h4-12,18,22-27,36-37H,13-17,32H2,1-3H3,(H,33,39)(H,34,38)(H,35,40)/t22-,23-,24+,25+,26+,27-/m1/s1. The number of carbonyl (C=O) groups excluding carboxylic acids is 4. The van der Waals surface area contributed by atoms with Crippen LogP contribution in [0, 0.1) is 17.8 Å². The molecule has 0 aliphatic heterocycles. The first-order valence-corrected chi connectivity index (χ1v) is 14.2. The third kappa shape index (κ3) is 9.85. The smallest absolute Gasteiger partial charge is 0.328 e. The molecule has 42 heavy (non-hydrogen) atoms. The molecule has 0 bridgehead atoms. The molecular weight excluding hydrogens is 540 g/mol. The number of benzene rings is 2. The summed E-state index contributed by atoms with van der Waals surface area (Å²) in [5, 5.41) is 28.2. The van der Waals surface area contributed by atoms with Crippen molar-refractivity contribution in [3.05, 3.63) is 65.7 Å². The largest absolute Gasteiger partial charge is 0.508 e. The molecule has 2 aromatic rings. The van der Waals surface area contributed by atoms with Crippen LogP contribution in [0.5, 0.6) is 5.75 Å². The number of ether oxygens (including phenoxy) is 1. The number of aromatic hydroxyl groups is 1. The van der Waals surface area contributed by atoms with E-state index in [0.29, 0.717) is 12.8 Å². The Labute approximate surface area is 246 Å². The zero-order valence-electron chi connectivity index (χ0n) is 24.3. The Morgan fingerprint density at radius 1 is 0.929 bits per heavy atom. The van der Waals surface area contributed by atoms with Crippen molar-refractivity contribution in [1.29, 1.82) is 0 Å². The number of aliphatic hydroxyl groups excluding tert-OH is 1. The molecule has 0 radical (unpaired) electrons. The molecule has 0 aromatic heterocycles. The molecule has 0 unspecified atom stereocenters. The first-order valence-electron chi connectivity index (χ1n) is 14.2. The van der Waals surface area contributed by atoms with Gasteiger partial charge in [-0.3, -0.25) is 14.4 Å². The number of esters is 1. The summed E-state index contributed by atoms with van der Waals surface area (Å²) < 4.78 is 4.85. The minimum absolute atomic E-state index is 0.0689. The molecule has 228 valence electrons. The van der Waals surface area contributed by atoms with Gasteiger partial charge in [0.25, 0.3) is 0 Å². The first kappa shape index (κ1) is 32.6. The summed E-state index contributed by atoms with van der Waals surface area (Å²) in [6.07, 6.45) is 0.284. The van der Waals surface area contributed by atoms with Gasteiger partial charge >= 0.3 is 5.97 Å². The molecular formula is C31H42N4O7. The number of rotatable bonds is 15. The fraction of sp³-hybridized carbons (Fsp3) is 0.484. The summed E-state index contributed by atoms with van der Waals surface area (Å²) in [7, 11) is 1.26. The van der Waals surface area contributed by atoms with E-state index in [1.54, 1.807) is 12.1 Å². The Hall–Kier alpha value is -3.96.